The minimum atomic E-state index is 0. The quantitative estimate of drug-likeness (QED) is 0.701. The Hall–Kier alpha value is 0.0900. The molecule has 0 amide bonds. The topological polar surface area (TPSA) is 29.4 Å². The number of nitrogens with one attached hydrogen (secondary N) is 1. The number of likely N-dealkylation sites (tertiary alicyclic amines) is 1. The third-order valence-electron chi connectivity index (χ3n) is 6.06. The van der Waals surface area contributed by atoms with Crippen LogP contribution in [0.15, 0.2) is 30.3 Å². The van der Waals surface area contributed by atoms with Gasteiger partial charge in [-0.05, 0) is 88.0 Å². The van der Waals surface area contributed by atoms with E-state index < -0.39 is 0 Å². The molecule has 3 heterocycles. The van der Waals surface area contributed by atoms with Crippen LogP contribution in [0.4, 0.5) is 0 Å². The van der Waals surface area contributed by atoms with Gasteiger partial charge in [0.1, 0.15) is 0 Å². The average molecular weight is 440 g/mol. The number of piperidine rings is 1. The van der Waals surface area contributed by atoms with Crippen molar-refractivity contribution in [1.29, 1.82) is 0 Å². The van der Waals surface area contributed by atoms with Crippen LogP contribution >= 0.6 is 22.9 Å². The van der Waals surface area contributed by atoms with E-state index in [1.807, 2.05) is 23.5 Å². The Bertz CT molecular complexity index is 756. The van der Waals surface area contributed by atoms with Crippen LogP contribution in [0.25, 0.3) is 5.32 Å². The number of hydrogen-bond acceptors (Lipinski definition) is 3. The Labute approximate surface area is 206 Å². The molecule has 6 heteroatoms. The van der Waals surface area contributed by atoms with Crippen molar-refractivity contribution in [3.63, 3.8) is 0 Å². The van der Waals surface area contributed by atoms with Gasteiger partial charge in [-0.15, -0.1) is 17.9 Å². The molecule has 1 aromatic heterocycles. The Kier molecular flexibility index (Phi) is 9.53. The van der Waals surface area contributed by atoms with Gasteiger partial charge < -0.3 is 15.5 Å². The van der Waals surface area contributed by atoms with Gasteiger partial charge in [-0.2, -0.15) is 0 Å². The molecule has 0 radical (unpaired) electrons. The van der Waals surface area contributed by atoms with E-state index in [4.69, 9.17) is 16.9 Å². The van der Waals surface area contributed by atoms with Crippen LogP contribution in [0.5, 0.6) is 0 Å². The molecule has 3 nitrogen and oxygen atoms in total. The largest absolute Gasteiger partial charge is 1.00 e. The molecule has 1 unspecified atom stereocenters. The van der Waals surface area contributed by atoms with Gasteiger partial charge >= 0.3 is 29.6 Å². The number of fused-ring (bicyclic) bond motifs is 1. The maximum absolute atomic E-state index is 5.98. The molecule has 1 fully saturated rings. The molecule has 2 aliphatic rings. The molecule has 1 saturated heterocycles. The zero-order valence-corrected chi connectivity index (χ0v) is 21.4. The van der Waals surface area contributed by atoms with E-state index in [0.717, 1.165) is 37.0 Å². The van der Waals surface area contributed by atoms with Crippen LogP contribution in [0.3, 0.4) is 0 Å². The van der Waals surface area contributed by atoms with Crippen LogP contribution in [0, 0.1) is 12.8 Å². The fraction of sp³-hybridized carbons (Fsp3) is 0.565. The van der Waals surface area contributed by atoms with Crippen LogP contribution in [0.1, 0.15) is 46.3 Å². The third-order valence-corrected chi connectivity index (χ3v) is 7.44. The van der Waals surface area contributed by atoms with Gasteiger partial charge in [0.05, 0.1) is 0 Å². The number of halogens is 1. The Morgan fingerprint density at radius 3 is 2.72 bits per heavy atom. The van der Waals surface area contributed by atoms with Crippen LogP contribution in [-0.4, -0.2) is 37.6 Å². The summed E-state index contributed by atoms with van der Waals surface area (Å²) in [6.45, 7) is 7.85. The maximum atomic E-state index is 5.98. The first-order valence-corrected chi connectivity index (χ1v) is 11.8. The SMILES string of the molecule is Cc1cc2c(s1)CCCNC2[N-]CC1CCN(CCc2ccc(Cl)cc2)CC1.[Na+]. The van der Waals surface area contributed by atoms with Crippen molar-refractivity contribution in [3.05, 3.63) is 61.6 Å². The summed E-state index contributed by atoms with van der Waals surface area (Å²) in [6, 6.07) is 10.6. The minimum Gasteiger partial charge on any atom is -0.643 e. The van der Waals surface area contributed by atoms with E-state index in [0.29, 0.717) is 0 Å². The summed E-state index contributed by atoms with van der Waals surface area (Å²) >= 11 is 7.94. The summed E-state index contributed by atoms with van der Waals surface area (Å²) in [7, 11) is 0. The first-order valence-electron chi connectivity index (χ1n) is 10.6. The molecular weight excluding hydrogens is 409 g/mol. The van der Waals surface area contributed by atoms with Gasteiger partial charge in [-0.3, -0.25) is 0 Å². The molecule has 0 spiro atoms. The van der Waals surface area contributed by atoms with Crippen molar-refractivity contribution in [1.82, 2.24) is 10.2 Å². The Balaban J connectivity index is 0.00000240. The summed E-state index contributed by atoms with van der Waals surface area (Å²) in [6.07, 6.45) is 6.30. The molecule has 2 aliphatic heterocycles. The van der Waals surface area contributed by atoms with Crippen molar-refractivity contribution in [2.45, 2.75) is 45.2 Å². The molecule has 1 aromatic carbocycles. The number of benzene rings is 1. The van der Waals surface area contributed by atoms with E-state index in [1.165, 1.54) is 54.8 Å². The van der Waals surface area contributed by atoms with Crippen molar-refractivity contribution in [3.8, 4) is 0 Å². The van der Waals surface area contributed by atoms with E-state index >= 15 is 0 Å². The third kappa shape index (κ3) is 6.78. The monoisotopic (exact) mass is 439 g/mol. The normalized spacial score (nSPS) is 20.7. The van der Waals surface area contributed by atoms with E-state index in [9.17, 15) is 0 Å². The molecule has 1 atom stereocenters. The zero-order valence-electron chi connectivity index (χ0n) is 17.8. The van der Waals surface area contributed by atoms with Crippen molar-refractivity contribution in [2.24, 2.45) is 5.92 Å². The standard InChI is InChI=1S/C23H31ClN3S.Na/c1-17-15-21-22(28-17)3-2-11-25-23(21)26-16-19-9-13-27(14-10-19)12-8-18-4-6-20(24)7-5-18;/h4-7,15,19,23,25H,2-3,8-14,16H2,1H3;/q-1;+1. The second kappa shape index (κ2) is 11.6. The molecular formula is C23H31ClN3NaS. The van der Waals surface area contributed by atoms with Crippen LogP contribution in [0.2, 0.25) is 5.02 Å². The smallest absolute Gasteiger partial charge is 0.643 e. The predicted molar refractivity (Wildman–Crippen MR) is 121 cm³/mol. The summed E-state index contributed by atoms with van der Waals surface area (Å²) in [4.78, 5) is 5.58. The zero-order chi connectivity index (χ0) is 19.3. The van der Waals surface area contributed by atoms with Gasteiger partial charge in [-0.25, -0.2) is 0 Å². The summed E-state index contributed by atoms with van der Waals surface area (Å²) < 4.78 is 0. The van der Waals surface area contributed by atoms with E-state index in [2.05, 4.69) is 35.3 Å². The minimum absolute atomic E-state index is 0. The first kappa shape index (κ1) is 23.7. The number of rotatable bonds is 6. The second-order valence-electron chi connectivity index (χ2n) is 8.22. The Morgan fingerprint density at radius 2 is 1.97 bits per heavy atom. The first-order chi connectivity index (χ1) is 13.7. The van der Waals surface area contributed by atoms with Gasteiger partial charge in [0.15, 0.2) is 0 Å². The Morgan fingerprint density at radius 1 is 1.21 bits per heavy atom. The maximum Gasteiger partial charge on any atom is 1.00 e. The molecule has 152 valence electrons. The average Bonchev–Trinajstić information content (AvgIpc) is 2.98. The van der Waals surface area contributed by atoms with E-state index in [1.54, 1.807) is 4.88 Å². The fourth-order valence-corrected chi connectivity index (χ4v) is 5.59. The van der Waals surface area contributed by atoms with Crippen LogP contribution < -0.4 is 34.9 Å². The number of hydrogen-bond donors (Lipinski definition) is 1. The fourth-order valence-electron chi connectivity index (χ4n) is 4.35. The van der Waals surface area contributed by atoms with Gasteiger partial charge in [0.25, 0.3) is 0 Å². The molecule has 0 saturated carbocycles. The molecule has 0 aliphatic carbocycles. The predicted octanol–water partition coefficient (Wildman–Crippen LogP) is 2.58. The number of nitrogens with zero attached hydrogens (tertiary/aromatic N) is 2. The molecule has 1 N–H and O–H groups in total. The van der Waals surface area contributed by atoms with Crippen molar-refractivity contribution >= 4 is 22.9 Å². The number of thiophene rings is 1. The van der Waals surface area contributed by atoms with Gasteiger partial charge in [-0.1, -0.05) is 35.8 Å². The van der Waals surface area contributed by atoms with Gasteiger partial charge in [0, 0.05) is 21.3 Å². The molecule has 2 aromatic rings. The summed E-state index contributed by atoms with van der Waals surface area (Å²) in [5, 5.41) is 9.60. The number of aryl methyl sites for hydroxylation is 2. The molecule has 29 heavy (non-hydrogen) atoms. The summed E-state index contributed by atoms with van der Waals surface area (Å²) in [5.74, 6) is 0.736. The second-order valence-corrected chi connectivity index (χ2v) is 10.00. The summed E-state index contributed by atoms with van der Waals surface area (Å²) in [5.41, 5.74) is 2.82. The van der Waals surface area contributed by atoms with Crippen molar-refractivity contribution in [2.75, 3.05) is 32.7 Å². The molecule has 0 bridgehead atoms. The van der Waals surface area contributed by atoms with Gasteiger partial charge in [0.2, 0.25) is 0 Å². The van der Waals surface area contributed by atoms with Crippen molar-refractivity contribution < 1.29 is 29.6 Å². The van der Waals surface area contributed by atoms with E-state index in [-0.39, 0.29) is 35.7 Å². The van der Waals surface area contributed by atoms with Crippen LogP contribution in [-0.2, 0) is 12.8 Å². The molecule has 4 rings (SSSR count).